The molecule has 0 amide bonds. The van der Waals surface area contributed by atoms with Crippen molar-refractivity contribution >= 4 is 0 Å². The van der Waals surface area contributed by atoms with Gasteiger partial charge in [0.25, 0.3) is 0 Å². The number of hydrogen-bond acceptors (Lipinski definition) is 3. The van der Waals surface area contributed by atoms with Crippen LogP contribution in [0.15, 0.2) is 18.2 Å². The lowest BCUT2D eigenvalue weighted by Crippen LogP contribution is -2.01. The molecule has 1 aromatic carbocycles. The van der Waals surface area contributed by atoms with Crippen molar-refractivity contribution in [3.63, 3.8) is 0 Å². The topological polar surface area (TPSA) is 27.7 Å². The number of hydrogen-bond donors (Lipinski definition) is 0. The summed E-state index contributed by atoms with van der Waals surface area (Å²) in [7, 11) is 0. The fourth-order valence-electron chi connectivity index (χ4n) is 1.45. The third kappa shape index (κ3) is 1.99. The summed E-state index contributed by atoms with van der Waals surface area (Å²) in [6, 6.07) is 5.87. The molecule has 0 saturated carbocycles. The van der Waals surface area contributed by atoms with Crippen LogP contribution in [-0.4, -0.2) is 20.0 Å². The highest BCUT2D eigenvalue weighted by Crippen LogP contribution is 2.28. The summed E-state index contributed by atoms with van der Waals surface area (Å²) in [5, 5.41) is 0. The third-order valence-corrected chi connectivity index (χ3v) is 2.17. The summed E-state index contributed by atoms with van der Waals surface area (Å²) in [6.45, 7) is 3.72. The quantitative estimate of drug-likeness (QED) is 0.542. The van der Waals surface area contributed by atoms with E-state index in [1.54, 1.807) is 0 Å². The van der Waals surface area contributed by atoms with Crippen molar-refractivity contribution in [2.75, 3.05) is 20.0 Å². The first kappa shape index (κ1) is 9.34. The van der Waals surface area contributed by atoms with Crippen LogP contribution in [0.4, 0.5) is 0 Å². The van der Waals surface area contributed by atoms with Crippen molar-refractivity contribution in [2.24, 2.45) is 0 Å². The van der Waals surface area contributed by atoms with Crippen LogP contribution < -0.4 is 9.47 Å². The normalized spacial score (nSPS) is 13.5. The van der Waals surface area contributed by atoms with E-state index in [2.05, 4.69) is 0 Å². The summed E-state index contributed by atoms with van der Waals surface area (Å²) >= 11 is 0. The lowest BCUT2D eigenvalue weighted by molar-refractivity contribution is 0.0224. The van der Waals surface area contributed by atoms with E-state index in [4.69, 9.17) is 14.2 Å². The van der Waals surface area contributed by atoms with E-state index in [-0.39, 0.29) is 0 Å². The number of fused-ring (bicyclic) bond motifs is 1. The Morgan fingerprint density at radius 2 is 2.36 bits per heavy atom. The first-order valence-corrected chi connectivity index (χ1v) is 4.86. The highest BCUT2D eigenvalue weighted by atomic mass is 16.7. The molecule has 0 aliphatic carbocycles. The summed E-state index contributed by atoms with van der Waals surface area (Å²) in [5.74, 6) is 1.83. The van der Waals surface area contributed by atoms with Gasteiger partial charge in [0.1, 0.15) is 11.5 Å². The predicted octanol–water partition coefficient (Wildman–Crippen LogP) is 1.99. The molecule has 0 unspecified atom stereocenters. The fourth-order valence-corrected chi connectivity index (χ4v) is 1.45. The van der Waals surface area contributed by atoms with Gasteiger partial charge in [0.2, 0.25) is 0 Å². The molecule has 1 heterocycles. The van der Waals surface area contributed by atoms with Crippen LogP contribution in [0.25, 0.3) is 0 Å². The molecule has 14 heavy (non-hydrogen) atoms. The molecule has 0 aromatic heterocycles. The molecule has 1 aromatic rings. The predicted molar refractivity (Wildman–Crippen MR) is 52.8 cm³/mol. The Morgan fingerprint density at radius 1 is 1.43 bits per heavy atom. The molecule has 3 heteroatoms. The highest BCUT2D eigenvalue weighted by Gasteiger charge is 2.12. The van der Waals surface area contributed by atoms with Crippen LogP contribution in [0.2, 0.25) is 0 Å². The molecule has 76 valence electrons. The van der Waals surface area contributed by atoms with Crippen LogP contribution in [0.5, 0.6) is 11.5 Å². The Bertz CT molecular complexity index is 309. The maximum atomic E-state index is 5.39. The van der Waals surface area contributed by atoms with Gasteiger partial charge in [-0.05, 0) is 25.1 Å². The minimum atomic E-state index is 0.316. The van der Waals surface area contributed by atoms with Gasteiger partial charge < -0.3 is 14.2 Å². The largest absolute Gasteiger partial charge is 0.493 e. The van der Waals surface area contributed by atoms with Crippen molar-refractivity contribution in [1.82, 2.24) is 0 Å². The first-order chi connectivity index (χ1) is 6.90. The number of ether oxygens (including phenoxy) is 3. The van der Waals surface area contributed by atoms with Crippen LogP contribution in [0, 0.1) is 0 Å². The van der Waals surface area contributed by atoms with Crippen LogP contribution in [-0.2, 0) is 11.2 Å². The van der Waals surface area contributed by atoms with Gasteiger partial charge in [0.05, 0.1) is 6.61 Å². The fraction of sp³-hybridized carbons (Fsp3) is 0.455. The summed E-state index contributed by atoms with van der Waals surface area (Å²) < 4.78 is 15.9. The zero-order valence-corrected chi connectivity index (χ0v) is 8.29. The van der Waals surface area contributed by atoms with Gasteiger partial charge in [-0.15, -0.1) is 0 Å². The molecule has 2 rings (SSSR count). The Kier molecular flexibility index (Phi) is 2.89. The summed E-state index contributed by atoms with van der Waals surface area (Å²) in [6.07, 6.45) is 0.973. The molecule has 0 spiro atoms. The number of benzene rings is 1. The Balaban J connectivity index is 1.98. The van der Waals surface area contributed by atoms with Crippen LogP contribution >= 0.6 is 0 Å². The van der Waals surface area contributed by atoms with E-state index in [1.807, 2.05) is 25.1 Å². The Morgan fingerprint density at radius 3 is 3.21 bits per heavy atom. The summed E-state index contributed by atoms with van der Waals surface area (Å²) in [5.41, 5.74) is 1.22. The zero-order valence-electron chi connectivity index (χ0n) is 8.29. The van der Waals surface area contributed by atoms with Crippen molar-refractivity contribution in [1.29, 1.82) is 0 Å². The van der Waals surface area contributed by atoms with Gasteiger partial charge in [-0.2, -0.15) is 0 Å². The van der Waals surface area contributed by atoms with Crippen molar-refractivity contribution in [3.8, 4) is 11.5 Å². The highest BCUT2D eigenvalue weighted by molar-refractivity contribution is 5.42. The molecule has 1 aliphatic rings. The van der Waals surface area contributed by atoms with Gasteiger partial charge in [0, 0.05) is 18.6 Å². The minimum absolute atomic E-state index is 0.316. The summed E-state index contributed by atoms with van der Waals surface area (Å²) in [4.78, 5) is 0. The molecule has 1 aliphatic heterocycles. The van der Waals surface area contributed by atoms with E-state index >= 15 is 0 Å². The van der Waals surface area contributed by atoms with E-state index in [1.165, 1.54) is 5.56 Å². The molecule has 0 saturated heterocycles. The van der Waals surface area contributed by atoms with Crippen molar-refractivity contribution in [2.45, 2.75) is 13.3 Å². The van der Waals surface area contributed by atoms with E-state index in [0.717, 1.165) is 24.5 Å². The maximum absolute atomic E-state index is 5.39. The zero-order chi connectivity index (χ0) is 9.80. The van der Waals surface area contributed by atoms with Crippen LogP contribution in [0.1, 0.15) is 12.5 Å². The van der Waals surface area contributed by atoms with Gasteiger partial charge in [-0.25, -0.2) is 0 Å². The second-order valence-corrected chi connectivity index (χ2v) is 3.12. The van der Waals surface area contributed by atoms with Crippen molar-refractivity contribution in [3.05, 3.63) is 23.8 Å². The third-order valence-electron chi connectivity index (χ3n) is 2.17. The standard InChI is InChI=1S/C11H14O3/c1-2-12-8-14-10-3-4-11-9(7-10)5-6-13-11/h3-4,7H,2,5-6,8H2,1H3. The molecule has 0 bridgehead atoms. The SMILES string of the molecule is CCOCOc1ccc2c(c1)CCO2. The molecule has 0 radical (unpaired) electrons. The Hall–Kier alpha value is -1.22. The second kappa shape index (κ2) is 4.33. The second-order valence-electron chi connectivity index (χ2n) is 3.12. The Labute approximate surface area is 83.6 Å². The minimum Gasteiger partial charge on any atom is -0.493 e. The maximum Gasteiger partial charge on any atom is 0.189 e. The average molecular weight is 194 g/mol. The van der Waals surface area contributed by atoms with Gasteiger partial charge in [0.15, 0.2) is 6.79 Å². The van der Waals surface area contributed by atoms with E-state index in [9.17, 15) is 0 Å². The molecule has 0 fully saturated rings. The van der Waals surface area contributed by atoms with Gasteiger partial charge in [-0.3, -0.25) is 0 Å². The molecule has 0 N–H and O–H groups in total. The van der Waals surface area contributed by atoms with Gasteiger partial charge in [-0.1, -0.05) is 0 Å². The molecular formula is C11H14O3. The van der Waals surface area contributed by atoms with Crippen molar-refractivity contribution < 1.29 is 14.2 Å². The van der Waals surface area contributed by atoms with Crippen LogP contribution in [0.3, 0.4) is 0 Å². The van der Waals surface area contributed by atoms with Gasteiger partial charge >= 0.3 is 0 Å². The smallest absolute Gasteiger partial charge is 0.189 e. The monoisotopic (exact) mass is 194 g/mol. The van der Waals surface area contributed by atoms with E-state index in [0.29, 0.717) is 13.4 Å². The number of rotatable bonds is 4. The average Bonchev–Trinajstić information content (AvgIpc) is 2.65. The molecule has 0 atom stereocenters. The lowest BCUT2D eigenvalue weighted by atomic mass is 10.2. The first-order valence-electron chi connectivity index (χ1n) is 4.86. The molecular weight excluding hydrogens is 180 g/mol. The van der Waals surface area contributed by atoms with E-state index < -0.39 is 0 Å². The lowest BCUT2D eigenvalue weighted by Gasteiger charge is -2.06. The molecule has 3 nitrogen and oxygen atoms in total.